The molecule has 5 heteroatoms. The number of thiophene rings is 1. The van der Waals surface area contributed by atoms with Crippen LogP contribution in [0.2, 0.25) is 5.02 Å². The highest BCUT2D eigenvalue weighted by atomic mass is 79.9. The molecule has 0 spiro atoms. The molecular formula is C15H9BrClFOS. The zero-order valence-corrected chi connectivity index (χ0v) is 13.3. The minimum atomic E-state index is -0.823. The van der Waals surface area contributed by atoms with Crippen LogP contribution in [-0.4, -0.2) is 5.11 Å². The van der Waals surface area contributed by atoms with Gasteiger partial charge in [0, 0.05) is 14.7 Å². The van der Waals surface area contributed by atoms with E-state index in [1.54, 1.807) is 17.4 Å². The standard InChI is InChI=1S/C15H9BrClFOS/c16-11-3-1-2-9-10(7-20-15(9)11)14(19)8-4-5-13(18)12(17)6-8/h1-7,14,19H. The van der Waals surface area contributed by atoms with Crippen molar-refractivity contribution in [1.29, 1.82) is 0 Å². The highest BCUT2D eigenvalue weighted by Crippen LogP contribution is 2.37. The fourth-order valence-corrected chi connectivity index (χ4v) is 3.95. The van der Waals surface area contributed by atoms with E-state index in [9.17, 15) is 9.50 Å². The summed E-state index contributed by atoms with van der Waals surface area (Å²) in [6.07, 6.45) is -0.823. The van der Waals surface area contributed by atoms with Crippen LogP contribution in [-0.2, 0) is 0 Å². The summed E-state index contributed by atoms with van der Waals surface area (Å²) in [5, 5.41) is 13.4. The maximum absolute atomic E-state index is 13.2. The molecule has 0 aliphatic carbocycles. The van der Waals surface area contributed by atoms with Gasteiger partial charge in [0.15, 0.2) is 0 Å². The normalized spacial score (nSPS) is 12.8. The Hall–Kier alpha value is -0.940. The van der Waals surface area contributed by atoms with Crippen LogP contribution in [0.15, 0.2) is 46.3 Å². The van der Waals surface area contributed by atoms with E-state index in [-0.39, 0.29) is 5.02 Å². The number of rotatable bonds is 2. The summed E-state index contributed by atoms with van der Waals surface area (Å²) in [6, 6.07) is 10.1. The molecule has 0 fully saturated rings. The molecule has 1 unspecified atom stereocenters. The minimum absolute atomic E-state index is 0.0160. The van der Waals surface area contributed by atoms with Crippen molar-refractivity contribution in [2.75, 3.05) is 0 Å². The van der Waals surface area contributed by atoms with E-state index < -0.39 is 11.9 Å². The van der Waals surface area contributed by atoms with Gasteiger partial charge in [0.2, 0.25) is 0 Å². The molecule has 3 rings (SSSR count). The van der Waals surface area contributed by atoms with E-state index in [4.69, 9.17) is 11.6 Å². The second-order valence-corrected chi connectivity index (χ2v) is 6.52. The van der Waals surface area contributed by atoms with Crippen LogP contribution in [0.5, 0.6) is 0 Å². The highest BCUT2D eigenvalue weighted by molar-refractivity contribution is 9.10. The molecule has 0 aliphatic rings. The largest absolute Gasteiger partial charge is 0.384 e. The number of aliphatic hydroxyl groups is 1. The van der Waals surface area contributed by atoms with Gasteiger partial charge in [-0.3, -0.25) is 0 Å². The van der Waals surface area contributed by atoms with Gasteiger partial charge >= 0.3 is 0 Å². The number of aliphatic hydroxyl groups excluding tert-OH is 1. The zero-order chi connectivity index (χ0) is 14.3. The van der Waals surface area contributed by atoms with Crippen molar-refractivity contribution in [3.63, 3.8) is 0 Å². The lowest BCUT2D eigenvalue weighted by Crippen LogP contribution is -1.99. The molecule has 2 aromatic carbocycles. The first-order valence-corrected chi connectivity index (χ1v) is 7.91. The molecule has 20 heavy (non-hydrogen) atoms. The summed E-state index contributed by atoms with van der Waals surface area (Å²) in [5.74, 6) is -0.486. The van der Waals surface area contributed by atoms with Crippen LogP contribution in [0.1, 0.15) is 17.2 Å². The van der Waals surface area contributed by atoms with Crippen molar-refractivity contribution in [1.82, 2.24) is 0 Å². The Morgan fingerprint density at radius 3 is 2.80 bits per heavy atom. The molecule has 0 saturated heterocycles. The maximum Gasteiger partial charge on any atom is 0.141 e. The number of halogens is 3. The Labute approximate surface area is 132 Å². The summed E-state index contributed by atoms with van der Waals surface area (Å²) in [6.45, 7) is 0. The first kappa shape index (κ1) is 14.0. The molecule has 1 nitrogen and oxygen atoms in total. The van der Waals surface area contributed by atoms with Crippen molar-refractivity contribution < 1.29 is 9.50 Å². The minimum Gasteiger partial charge on any atom is -0.384 e. The molecule has 0 radical (unpaired) electrons. The van der Waals surface area contributed by atoms with Gasteiger partial charge in [-0.15, -0.1) is 11.3 Å². The Balaban J connectivity index is 2.10. The highest BCUT2D eigenvalue weighted by Gasteiger charge is 2.17. The van der Waals surface area contributed by atoms with Crippen LogP contribution in [0.25, 0.3) is 10.1 Å². The number of hydrogen-bond donors (Lipinski definition) is 1. The fourth-order valence-electron chi connectivity index (χ4n) is 2.12. The van der Waals surface area contributed by atoms with Crippen molar-refractivity contribution in [3.8, 4) is 0 Å². The van der Waals surface area contributed by atoms with Crippen LogP contribution in [0, 0.1) is 5.82 Å². The van der Waals surface area contributed by atoms with Gasteiger partial charge in [0.25, 0.3) is 0 Å². The summed E-state index contributed by atoms with van der Waals surface area (Å²) in [4.78, 5) is 0. The van der Waals surface area contributed by atoms with Gasteiger partial charge in [-0.05, 0) is 50.5 Å². The molecule has 0 amide bonds. The molecule has 0 bridgehead atoms. The van der Waals surface area contributed by atoms with Gasteiger partial charge in [-0.2, -0.15) is 0 Å². The predicted octanol–water partition coefficient (Wildman–Crippen LogP) is 5.54. The maximum atomic E-state index is 13.2. The van der Waals surface area contributed by atoms with E-state index in [0.29, 0.717) is 5.56 Å². The molecule has 0 aliphatic heterocycles. The quantitative estimate of drug-likeness (QED) is 0.627. The molecule has 1 aromatic heterocycles. The number of hydrogen-bond acceptors (Lipinski definition) is 2. The van der Waals surface area contributed by atoms with Crippen molar-refractivity contribution in [2.24, 2.45) is 0 Å². The average molecular weight is 372 g/mol. The van der Waals surface area contributed by atoms with E-state index in [0.717, 1.165) is 20.1 Å². The van der Waals surface area contributed by atoms with E-state index >= 15 is 0 Å². The van der Waals surface area contributed by atoms with Crippen LogP contribution >= 0.6 is 38.9 Å². The van der Waals surface area contributed by atoms with E-state index in [2.05, 4.69) is 15.9 Å². The lowest BCUT2D eigenvalue weighted by molar-refractivity contribution is 0.222. The third-order valence-electron chi connectivity index (χ3n) is 3.14. The summed E-state index contributed by atoms with van der Waals surface area (Å²) < 4.78 is 15.3. The first-order chi connectivity index (χ1) is 9.58. The second-order valence-electron chi connectivity index (χ2n) is 4.38. The second kappa shape index (κ2) is 5.45. The van der Waals surface area contributed by atoms with Gasteiger partial charge < -0.3 is 5.11 Å². The van der Waals surface area contributed by atoms with Crippen molar-refractivity contribution >= 4 is 49.0 Å². The molecule has 1 heterocycles. The van der Waals surface area contributed by atoms with Crippen LogP contribution in [0.3, 0.4) is 0 Å². The fraction of sp³-hybridized carbons (Fsp3) is 0.0667. The van der Waals surface area contributed by atoms with Gasteiger partial charge in [-0.25, -0.2) is 4.39 Å². The third kappa shape index (κ3) is 2.37. The molecular weight excluding hydrogens is 363 g/mol. The smallest absolute Gasteiger partial charge is 0.141 e. The molecule has 1 atom stereocenters. The van der Waals surface area contributed by atoms with Gasteiger partial charge in [0.1, 0.15) is 11.9 Å². The first-order valence-electron chi connectivity index (χ1n) is 5.86. The lowest BCUT2D eigenvalue weighted by Gasteiger charge is -2.11. The average Bonchev–Trinajstić information content (AvgIpc) is 2.86. The lowest BCUT2D eigenvalue weighted by atomic mass is 10.0. The molecule has 1 N–H and O–H groups in total. The molecule has 102 valence electrons. The van der Waals surface area contributed by atoms with Crippen molar-refractivity contribution in [3.05, 3.63) is 68.2 Å². The number of benzene rings is 2. The number of fused-ring (bicyclic) bond motifs is 1. The summed E-state index contributed by atoms with van der Waals surface area (Å²) in [5.41, 5.74) is 1.38. The van der Waals surface area contributed by atoms with Gasteiger partial charge in [0.05, 0.1) is 5.02 Å². The Morgan fingerprint density at radius 2 is 2.05 bits per heavy atom. The van der Waals surface area contributed by atoms with E-state index in [1.807, 2.05) is 23.6 Å². The van der Waals surface area contributed by atoms with Crippen LogP contribution < -0.4 is 0 Å². The Morgan fingerprint density at radius 1 is 1.25 bits per heavy atom. The Kier molecular flexibility index (Phi) is 3.82. The molecule has 3 aromatic rings. The summed E-state index contributed by atoms with van der Waals surface area (Å²) in [7, 11) is 0. The zero-order valence-electron chi connectivity index (χ0n) is 10.1. The van der Waals surface area contributed by atoms with E-state index in [1.165, 1.54) is 12.1 Å². The molecule has 0 saturated carbocycles. The Bertz CT molecular complexity index is 787. The predicted molar refractivity (Wildman–Crippen MR) is 85.0 cm³/mol. The van der Waals surface area contributed by atoms with Crippen LogP contribution in [0.4, 0.5) is 4.39 Å². The topological polar surface area (TPSA) is 20.2 Å². The SMILES string of the molecule is OC(c1ccc(F)c(Cl)c1)c1csc2c(Br)cccc12. The summed E-state index contributed by atoms with van der Waals surface area (Å²) >= 11 is 10.8. The third-order valence-corrected chi connectivity index (χ3v) is 5.40. The van der Waals surface area contributed by atoms with Crippen molar-refractivity contribution in [2.45, 2.75) is 6.10 Å². The van der Waals surface area contributed by atoms with Gasteiger partial charge in [-0.1, -0.05) is 29.8 Å². The monoisotopic (exact) mass is 370 g/mol.